The zero-order valence-electron chi connectivity index (χ0n) is 16.1. The second-order valence-corrected chi connectivity index (χ2v) is 6.80. The van der Waals surface area contributed by atoms with Gasteiger partial charge in [-0.15, -0.1) is 0 Å². The maximum absolute atomic E-state index is 11.7. The molecule has 0 rings (SSSR count). The number of carbonyl (C=O) groups is 3. The van der Waals surface area contributed by atoms with E-state index in [1.54, 1.807) is 0 Å². The number of hydrogen-bond acceptors (Lipinski definition) is 6. The van der Waals surface area contributed by atoms with Gasteiger partial charge in [0.15, 0.2) is 0 Å². The van der Waals surface area contributed by atoms with E-state index in [0.717, 1.165) is 38.5 Å². The third kappa shape index (κ3) is 13.0. The van der Waals surface area contributed by atoms with E-state index in [2.05, 4.69) is 6.92 Å². The summed E-state index contributed by atoms with van der Waals surface area (Å²) in [6, 6.07) is -1.16. The maximum Gasteiger partial charge on any atom is 0.265 e. The van der Waals surface area contributed by atoms with Crippen molar-refractivity contribution in [3.63, 3.8) is 0 Å². The molecule has 0 fully saturated rings. The number of ketones is 2. The molecule has 0 bridgehead atoms. The van der Waals surface area contributed by atoms with Gasteiger partial charge in [-0.1, -0.05) is 39.0 Å². The van der Waals surface area contributed by atoms with Crippen molar-refractivity contribution in [3.8, 4) is 0 Å². The molecule has 7 nitrogen and oxygen atoms in total. The molecule has 0 aliphatic heterocycles. The number of amides is 1. The van der Waals surface area contributed by atoms with Gasteiger partial charge in [0.2, 0.25) is 0 Å². The minimum atomic E-state index is -1.16. The summed E-state index contributed by atoms with van der Waals surface area (Å²) in [6.45, 7) is 1.49. The minimum Gasteiger partial charge on any atom is -0.394 e. The number of hydroxylamine groups is 2. The Labute approximate surface area is 156 Å². The van der Waals surface area contributed by atoms with Crippen LogP contribution in [0.15, 0.2) is 0 Å². The number of aliphatic hydroxyl groups excluding tert-OH is 1. The quantitative estimate of drug-likeness (QED) is 0.205. The lowest BCUT2D eigenvalue weighted by Crippen LogP contribution is -2.44. The SMILES string of the molecule is CCCCCCC(=O)CCCCCCC(=O)CCN(O)C(=O)C(N)CO. The molecular weight excluding hydrogens is 336 g/mol. The van der Waals surface area contributed by atoms with E-state index < -0.39 is 18.6 Å². The van der Waals surface area contributed by atoms with Crippen molar-refractivity contribution in [1.82, 2.24) is 5.06 Å². The van der Waals surface area contributed by atoms with Crippen LogP contribution >= 0.6 is 0 Å². The van der Waals surface area contributed by atoms with E-state index in [1.165, 1.54) is 12.8 Å². The Hall–Kier alpha value is -1.31. The first-order valence-electron chi connectivity index (χ1n) is 9.82. The molecule has 0 saturated carbocycles. The summed E-state index contributed by atoms with van der Waals surface area (Å²) < 4.78 is 0. The summed E-state index contributed by atoms with van der Waals surface area (Å²) >= 11 is 0. The van der Waals surface area contributed by atoms with Crippen LogP contribution in [0.5, 0.6) is 0 Å². The molecule has 0 heterocycles. The van der Waals surface area contributed by atoms with Crippen LogP contribution in [0.4, 0.5) is 0 Å². The van der Waals surface area contributed by atoms with Crippen molar-refractivity contribution in [2.45, 2.75) is 90.0 Å². The first-order valence-corrected chi connectivity index (χ1v) is 9.82. The summed E-state index contributed by atoms with van der Waals surface area (Å²) in [5.41, 5.74) is 5.30. The van der Waals surface area contributed by atoms with E-state index in [0.29, 0.717) is 30.1 Å². The van der Waals surface area contributed by atoms with Gasteiger partial charge in [0.25, 0.3) is 5.91 Å². The first-order chi connectivity index (χ1) is 12.4. The molecule has 1 atom stereocenters. The van der Waals surface area contributed by atoms with Crippen LogP contribution in [-0.2, 0) is 14.4 Å². The highest BCUT2D eigenvalue weighted by Gasteiger charge is 2.19. The lowest BCUT2D eigenvalue weighted by molar-refractivity contribution is -0.168. The number of nitrogens with zero attached hydrogens (tertiary/aromatic N) is 1. The van der Waals surface area contributed by atoms with Crippen LogP contribution in [0.2, 0.25) is 0 Å². The van der Waals surface area contributed by atoms with E-state index in [9.17, 15) is 19.6 Å². The molecule has 0 aromatic rings. The van der Waals surface area contributed by atoms with Crippen molar-refractivity contribution in [2.75, 3.05) is 13.2 Å². The molecule has 0 saturated heterocycles. The third-order valence-electron chi connectivity index (χ3n) is 4.34. The second-order valence-electron chi connectivity index (χ2n) is 6.80. The zero-order valence-corrected chi connectivity index (χ0v) is 16.1. The van der Waals surface area contributed by atoms with Crippen LogP contribution < -0.4 is 5.73 Å². The molecule has 0 aromatic heterocycles. The summed E-state index contributed by atoms with van der Waals surface area (Å²) in [6.07, 6.45) is 9.74. The molecule has 0 aliphatic carbocycles. The number of rotatable bonds is 17. The van der Waals surface area contributed by atoms with Gasteiger partial charge in [0.1, 0.15) is 17.6 Å². The van der Waals surface area contributed by atoms with Crippen molar-refractivity contribution in [1.29, 1.82) is 0 Å². The molecule has 1 amide bonds. The molecule has 0 spiro atoms. The number of aliphatic hydroxyl groups is 1. The van der Waals surface area contributed by atoms with Crippen LogP contribution in [0.1, 0.15) is 84.0 Å². The van der Waals surface area contributed by atoms with Gasteiger partial charge >= 0.3 is 0 Å². The molecule has 7 heteroatoms. The van der Waals surface area contributed by atoms with E-state index >= 15 is 0 Å². The standard InChI is InChI=1S/C19H36N2O5/c1-2-3-4-7-10-16(23)11-8-5-6-9-12-17(24)13-14-21(26)19(25)18(20)15-22/h18,22,26H,2-15,20H2,1H3. The van der Waals surface area contributed by atoms with Crippen LogP contribution in [0, 0.1) is 0 Å². The van der Waals surface area contributed by atoms with Gasteiger partial charge in [-0.25, -0.2) is 5.06 Å². The summed E-state index contributed by atoms with van der Waals surface area (Å²) in [4.78, 5) is 34.8. The highest BCUT2D eigenvalue weighted by Crippen LogP contribution is 2.10. The van der Waals surface area contributed by atoms with E-state index in [4.69, 9.17) is 10.8 Å². The van der Waals surface area contributed by atoms with E-state index in [-0.39, 0.29) is 18.7 Å². The summed E-state index contributed by atoms with van der Waals surface area (Å²) in [5, 5.41) is 18.6. The fourth-order valence-corrected chi connectivity index (χ4v) is 2.61. The Balaban J connectivity index is 3.59. The van der Waals surface area contributed by atoms with Gasteiger partial charge in [0.05, 0.1) is 13.2 Å². The molecule has 26 heavy (non-hydrogen) atoms. The highest BCUT2D eigenvalue weighted by molar-refractivity contribution is 5.82. The zero-order chi connectivity index (χ0) is 19.8. The molecule has 1 unspecified atom stereocenters. The molecule has 0 radical (unpaired) electrons. The number of hydrogen-bond donors (Lipinski definition) is 3. The Bertz CT molecular complexity index is 415. The number of Topliss-reactive ketones (excluding diaryl/α,β-unsaturated/α-hetero) is 2. The highest BCUT2D eigenvalue weighted by atomic mass is 16.5. The van der Waals surface area contributed by atoms with Gasteiger partial charge in [-0.2, -0.15) is 0 Å². The lowest BCUT2D eigenvalue weighted by Gasteiger charge is -2.17. The molecular formula is C19H36N2O5. The van der Waals surface area contributed by atoms with Crippen LogP contribution in [-0.4, -0.2) is 52.0 Å². The Morgan fingerprint density at radius 3 is 1.77 bits per heavy atom. The number of carbonyl (C=O) groups excluding carboxylic acids is 3. The minimum absolute atomic E-state index is 0.0265. The molecule has 152 valence electrons. The van der Waals surface area contributed by atoms with Gasteiger partial charge < -0.3 is 10.8 Å². The Morgan fingerprint density at radius 2 is 1.31 bits per heavy atom. The largest absolute Gasteiger partial charge is 0.394 e. The van der Waals surface area contributed by atoms with Crippen LogP contribution in [0.3, 0.4) is 0 Å². The Kier molecular flexibility index (Phi) is 15.1. The number of unbranched alkanes of at least 4 members (excludes halogenated alkanes) is 6. The molecule has 4 N–H and O–H groups in total. The first kappa shape index (κ1) is 24.7. The normalized spacial score (nSPS) is 12.0. The third-order valence-corrected chi connectivity index (χ3v) is 4.34. The fourth-order valence-electron chi connectivity index (χ4n) is 2.61. The predicted molar refractivity (Wildman–Crippen MR) is 99.7 cm³/mol. The number of nitrogens with two attached hydrogens (primary N) is 1. The van der Waals surface area contributed by atoms with Crippen molar-refractivity contribution in [2.24, 2.45) is 5.73 Å². The topological polar surface area (TPSA) is 121 Å². The van der Waals surface area contributed by atoms with Gasteiger partial charge in [0, 0.05) is 25.7 Å². The van der Waals surface area contributed by atoms with Crippen LogP contribution in [0.25, 0.3) is 0 Å². The fraction of sp³-hybridized carbons (Fsp3) is 0.842. The van der Waals surface area contributed by atoms with Gasteiger partial charge in [-0.05, 0) is 19.3 Å². The monoisotopic (exact) mass is 372 g/mol. The Morgan fingerprint density at radius 1 is 0.846 bits per heavy atom. The predicted octanol–water partition coefficient (Wildman–Crippen LogP) is 2.36. The average molecular weight is 373 g/mol. The maximum atomic E-state index is 11.7. The van der Waals surface area contributed by atoms with Crippen molar-refractivity contribution >= 4 is 17.5 Å². The van der Waals surface area contributed by atoms with Crippen molar-refractivity contribution < 1.29 is 24.7 Å². The smallest absolute Gasteiger partial charge is 0.265 e. The van der Waals surface area contributed by atoms with Gasteiger partial charge in [-0.3, -0.25) is 19.6 Å². The second kappa shape index (κ2) is 15.9. The summed E-state index contributed by atoms with van der Waals surface area (Å²) in [5.74, 6) is -0.480. The average Bonchev–Trinajstić information content (AvgIpc) is 2.64. The molecule has 0 aliphatic rings. The van der Waals surface area contributed by atoms with Crippen molar-refractivity contribution in [3.05, 3.63) is 0 Å². The molecule has 0 aromatic carbocycles. The lowest BCUT2D eigenvalue weighted by atomic mass is 10.0. The summed E-state index contributed by atoms with van der Waals surface area (Å²) in [7, 11) is 0. The van der Waals surface area contributed by atoms with E-state index in [1.807, 2.05) is 0 Å².